The van der Waals surface area contributed by atoms with E-state index in [0.717, 1.165) is 6.42 Å². The molecule has 0 fully saturated rings. The summed E-state index contributed by atoms with van der Waals surface area (Å²) < 4.78 is 1.30. The molecule has 0 aromatic heterocycles. The van der Waals surface area contributed by atoms with Gasteiger partial charge in [0.05, 0.1) is 0 Å². The Bertz CT molecular complexity index is 1130. The maximum atomic E-state index is 2.42. The second-order valence-corrected chi connectivity index (χ2v) is 9.23. The highest BCUT2D eigenvalue weighted by atomic mass is 127. The van der Waals surface area contributed by atoms with Gasteiger partial charge in [0.15, 0.2) is 0 Å². The molecule has 0 aliphatic heterocycles. The fraction of sp³-hybridized carbons (Fsp3) is 0.154. The third-order valence-electron chi connectivity index (χ3n) is 5.98. The minimum atomic E-state index is 0.0407. The third-order valence-corrected chi connectivity index (χ3v) is 6.65. The highest BCUT2D eigenvalue weighted by molar-refractivity contribution is 14.1. The van der Waals surface area contributed by atoms with Crippen molar-refractivity contribution in [2.45, 2.75) is 25.7 Å². The molecule has 0 spiro atoms. The Labute approximate surface area is 174 Å². The van der Waals surface area contributed by atoms with Crippen molar-refractivity contribution in [3.63, 3.8) is 0 Å². The zero-order valence-corrected chi connectivity index (χ0v) is 17.7. The maximum Gasteiger partial charge on any atom is 0.0159 e. The molecule has 132 valence electrons. The Hall–Kier alpha value is -2.13. The van der Waals surface area contributed by atoms with Crippen LogP contribution in [-0.4, -0.2) is 0 Å². The minimum absolute atomic E-state index is 0.0407. The third kappa shape index (κ3) is 2.71. The number of allylic oxidation sites excluding steroid dienone is 3. The summed E-state index contributed by atoms with van der Waals surface area (Å²) in [4.78, 5) is 0. The molecule has 27 heavy (non-hydrogen) atoms. The molecule has 0 saturated carbocycles. The topological polar surface area (TPSA) is 0 Å². The van der Waals surface area contributed by atoms with Crippen LogP contribution in [0.1, 0.15) is 36.1 Å². The van der Waals surface area contributed by atoms with Gasteiger partial charge in [-0.2, -0.15) is 0 Å². The Morgan fingerprint density at radius 1 is 0.778 bits per heavy atom. The molecule has 0 amide bonds. The Balaban J connectivity index is 1.64. The van der Waals surface area contributed by atoms with Gasteiger partial charge in [0, 0.05) is 8.99 Å². The molecule has 3 aromatic carbocycles. The van der Waals surface area contributed by atoms with Gasteiger partial charge in [-0.3, -0.25) is 0 Å². The van der Waals surface area contributed by atoms with Crippen LogP contribution in [0.3, 0.4) is 0 Å². The van der Waals surface area contributed by atoms with Crippen molar-refractivity contribution in [1.29, 1.82) is 0 Å². The summed E-state index contributed by atoms with van der Waals surface area (Å²) in [7, 11) is 0. The SMILES string of the molecule is CC1(C)c2cc(I)ccc2-c2ccc(-c3ccc4c(c3)CC=CC=C4)cc21. The maximum absolute atomic E-state index is 2.42. The van der Waals surface area contributed by atoms with E-state index in [1.807, 2.05) is 0 Å². The van der Waals surface area contributed by atoms with E-state index in [4.69, 9.17) is 0 Å². The van der Waals surface area contributed by atoms with Gasteiger partial charge >= 0.3 is 0 Å². The predicted octanol–water partition coefficient (Wildman–Crippen LogP) is 7.39. The molecule has 5 rings (SSSR count). The zero-order valence-electron chi connectivity index (χ0n) is 15.6. The van der Waals surface area contributed by atoms with E-state index < -0.39 is 0 Å². The van der Waals surface area contributed by atoms with Crippen LogP contribution in [0.2, 0.25) is 0 Å². The summed E-state index contributed by atoms with van der Waals surface area (Å²) >= 11 is 2.42. The van der Waals surface area contributed by atoms with Gasteiger partial charge < -0.3 is 0 Å². The van der Waals surface area contributed by atoms with E-state index in [2.05, 4.69) is 115 Å². The van der Waals surface area contributed by atoms with Gasteiger partial charge in [0.2, 0.25) is 0 Å². The molecular weight excluding hydrogens is 439 g/mol. The summed E-state index contributed by atoms with van der Waals surface area (Å²) in [6.07, 6.45) is 9.69. The lowest BCUT2D eigenvalue weighted by molar-refractivity contribution is 0.660. The van der Waals surface area contributed by atoms with Crippen LogP contribution in [0.5, 0.6) is 0 Å². The van der Waals surface area contributed by atoms with Crippen LogP contribution in [0, 0.1) is 3.57 Å². The van der Waals surface area contributed by atoms with E-state index in [-0.39, 0.29) is 5.41 Å². The van der Waals surface area contributed by atoms with Gasteiger partial charge in [-0.1, -0.05) is 74.5 Å². The molecule has 0 radical (unpaired) electrons. The lowest BCUT2D eigenvalue weighted by atomic mass is 9.81. The highest BCUT2D eigenvalue weighted by Gasteiger charge is 2.35. The van der Waals surface area contributed by atoms with Crippen molar-refractivity contribution in [3.05, 3.63) is 98.6 Å². The molecule has 0 unspecified atom stereocenters. The zero-order chi connectivity index (χ0) is 18.6. The molecule has 0 atom stereocenters. The minimum Gasteiger partial charge on any atom is -0.0801 e. The first-order valence-corrected chi connectivity index (χ1v) is 10.5. The van der Waals surface area contributed by atoms with Crippen molar-refractivity contribution in [3.8, 4) is 22.3 Å². The lowest BCUT2D eigenvalue weighted by Crippen LogP contribution is -2.15. The van der Waals surface area contributed by atoms with Crippen LogP contribution in [0.15, 0.2) is 72.8 Å². The predicted molar refractivity (Wildman–Crippen MR) is 124 cm³/mol. The number of fused-ring (bicyclic) bond motifs is 4. The van der Waals surface area contributed by atoms with Gasteiger partial charge in [-0.05, 0) is 91.7 Å². The molecule has 2 aliphatic rings. The second-order valence-electron chi connectivity index (χ2n) is 7.98. The van der Waals surface area contributed by atoms with Crippen molar-refractivity contribution < 1.29 is 0 Å². The number of rotatable bonds is 1. The van der Waals surface area contributed by atoms with Crippen LogP contribution in [0.25, 0.3) is 28.3 Å². The smallest absolute Gasteiger partial charge is 0.0159 e. The van der Waals surface area contributed by atoms with E-state index in [1.165, 1.54) is 48.1 Å². The fourth-order valence-corrected chi connectivity index (χ4v) is 4.94. The van der Waals surface area contributed by atoms with Crippen LogP contribution >= 0.6 is 22.6 Å². The van der Waals surface area contributed by atoms with Crippen molar-refractivity contribution in [2.75, 3.05) is 0 Å². The van der Waals surface area contributed by atoms with Gasteiger partial charge in [0.25, 0.3) is 0 Å². The average Bonchev–Trinajstić information content (AvgIpc) is 2.83. The summed E-state index contributed by atoms with van der Waals surface area (Å²) in [5, 5.41) is 0. The van der Waals surface area contributed by atoms with Crippen molar-refractivity contribution in [1.82, 2.24) is 0 Å². The first-order chi connectivity index (χ1) is 13.0. The van der Waals surface area contributed by atoms with E-state index in [0.29, 0.717) is 0 Å². The number of benzene rings is 3. The molecule has 0 heterocycles. The van der Waals surface area contributed by atoms with E-state index in [1.54, 1.807) is 0 Å². The van der Waals surface area contributed by atoms with Gasteiger partial charge in [-0.15, -0.1) is 0 Å². The van der Waals surface area contributed by atoms with Crippen molar-refractivity contribution in [2.24, 2.45) is 0 Å². The lowest BCUT2D eigenvalue weighted by Gasteiger charge is -2.22. The van der Waals surface area contributed by atoms with Gasteiger partial charge in [0.1, 0.15) is 0 Å². The molecule has 3 aromatic rings. The summed E-state index contributed by atoms with van der Waals surface area (Å²) in [5.41, 5.74) is 11.0. The van der Waals surface area contributed by atoms with Crippen LogP contribution in [0.4, 0.5) is 0 Å². The van der Waals surface area contributed by atoms with E-state index >= 15 is 0 Å². The molecule has 0 bridgehead atoms. The molecule has 0 N–H and O–H groups in total. The number of halogens is 1. The first-order valence-electron chi connectivity index (χ1n) is 9.45. The standard InChI is InChI=1S/C26H21I/c1-26(2)24-15-20(10-12-22(24)23-13-11-21(27)16-25(23)26)19-9-8-17-6-4-3-5-7-18(17)14-19/h3-6,8-16H,7H2,1-2H3. The second kappa shape index (κ2) is 6.20. The normalized spacial score (nSPS) is 15.8. The van der Waals surface area contributed by atoms with Crippen LogP contribution in [-0.2, 0) is 11.8 Å². The number of hydrogen-bond donors (Lipinski definition) is 0. The largest absolute Gasteiger partial charge is 0.0801 e. The molecular formula is C26H21I. The Morgan fingerprint density at radius 3 is 2.33 bits per heavy atom. The molecule has 0 saturated heterocycles. The average molecular weight is 460 g/mol. The summed E-state index contributed by atoms with van der Waals surface area (Å²) in [5.74, 6) is 0. The summed E-state index contributed by atoms with van der Waals surface area (Å²) in [6, 6.07) is 20.7. The van der Waals surface area contributed by atoms with Gasteiger partial charge in [-0.25, -0.2) is 0 Å². The quantitative estimate of drug-likeness (QED) is 0.332. The first kappa shape index (κ1) is 17.0. The summed E-state index contributed by atoms with van der Waals surface area (Å²) in [6.45, 7) is 4.70. The fourth-order valence-electron chi connectivity index (χ4n) is 4.45. The Morgan fingerprint density at radius 2 is 1.48 bits per heavy atom. The van der Waals surface area contributed by atoms with Crippen molar-refractivity contribution >= 4 is 28.7 Å². The van der Waals surface area contributed by atoms with Crippen LogP contribution < -0.4 is 0 Å². The Kier molecular flexibility index (Phi) is 3.90. The van der Waals surface area contributed by atoms with E-state index in [9.17, 15) is 0 Å². The molecule has 1 heteroatoms. The molecule has 0 nitrogen and oxygen atoms in total. The highest BCUT2D eigenvalue weighted by Crippen LogP contribution is 2.50. The monoisotopic (exact) mass is 460 g/mol. The number of hydrogen-bond acceptors (Lipinski definition) is 0. The molecule has 2 aliphatic carbocycles.